The van der Waals surface area contributed by atoms with E-state index in [-0.39, 0.29) is 25.0 Å². The third-order valence-corrected chi connectivity index (χ3v) is 5.82. The molecule has 27 heavy (non-hydrogen) atoms. The van der Waals surface area contributed by atoms with Crippen LogP contribution in [0.4, 0.5) is 0 Å². The van der Waals surface area contributed by atoms with Crippen molar-refractivity contribution in [2.45, 2.75) is 13.3 Å². The average molecular weight is 376 g/mol. The lowest BCUT2D eigenvalue weighted by Crippen LogP contribution is -2.37. The third kappa shape index (κ3) is 5.67. The number of amides is 1. The van der Waals surface area contributed by atoms with Crippen molar-refractivity contribution in [2.75, 3.05) is 66.1 Å². The molecule has 2 heterocycles. The van der Waals surface area contributed by atoms with Gasteiger partial charge in [0, 0.05) is 45.2 Å². The highest BCUT2D eigenvalue weighted by atomic mass is 16.5. The standard InChI is InChI=1S/C21H33N3O3/c1-17-5-3-6-20(11-17)27-16-21(26)24-13-18(19(14-24)15-25)12-23-8-4-7-22(2)9-10-23/h3,5-6,11,18-19,25H,4,7-10,12-16H2,1-2H3/t18-,19-/m1/s1. The van der Waals surface area contributed by atoms with Gasteiger partial charge < -0.3 is 24.5 Å². The van der Waals surface area contributed by atoms with E-state index in [0.717, 1.165) is 44.0 Å². The van der Waals surface area contributed by atoms with E-state index in [2.05, 4.69) is 16.8 Å². The van der Waals surface area contributed by atoms with Crippen LogP contribution in [-0.4, -0.2) is 91.8 Å². The van der Waals surface area contributed by atoms with Gasteiger partial charge >= 0.3 is 0 Å². The van der Waals surface area contributed by atoms with E-state index in [1.54, 1.807) is 0 Å². The van der Waals surface area contributed by atoms with Gasteiger partial charge in [-0.05, 0) is 57.1 Å². The fourth-order valence-corrected chi connectivity index (χ4v) is 4.11. The Morgan fingerprint density at radius 1 is 1.19 bits per heavy atom. The number of likely N-dealkylation sites (tertiary alicyclic amines) is 1. The summed E-state index contributed by atoms with van der Waals surface area (Å²) in [5.41, 5.74) is 1.12. The smallest absolute Gasteiger partial charge is 0.260 e. The largest absolute Gasteiger partial charge is 0.484 e. The molecule has 0 spiro atoms. The number of carbonyl (C=O) groups excluding carboxylic acids is 1. The number of ether oxygens (including phenoxy) is 1. The van der Waals surface area contributed by atoms with Gasteiger partial charge in [-0.15, -0.1) is 0 Å². The molecule has 0 radical (unpaired) electrons. The van der Waals surface area contributed by atoms with Crippen molar-refractivity contribution in [3.05, 3.63) is 29.8 Å². The van der Waals surface area contributed by atoms with Crippen molar-refractivity contribution < 1.29 is 14.6 Å². The van der Waals surface area contributed by atoms with Crippen LogP contribution in [0.5, 0.6) is 5.75 Å². The number of aliphatic hydroxyl groups excluding tert-OH is 1. The Labute approximate surface area is 162 Å². The molecule has 0 aliphatic carbocycles. The van der Waals surface area contributed by atoms with E-state index in [4.69, 9.17) is 4.74 Å². The monoisotopic (exact) mass is 375 g/mol. The predicted molar refractivity (Wildman–Crippen MR) is 106 cm³/mol. The molecule has 6 heteroatoms. The van der Waals surface area contributed by atoms with E-state index in [0.29, 0.717) is 19.0 Å². The maximum atomic E-state index is 12.6. The summed E-state index contributed by atoms with van der Waals surface area (Å²) in [5, 5.41) is 9.81. The lowest BCUT2D eigenvalue weighted by molar-refractivity contribution is -0.132. The molecule has 1 N–H and O–H groups in total. The molecule has 3 rings (SSSR count). The Hall–Kier alpha value is -1.63. The van der Waals surface area contributed by atoms with Crippen molar-refractivity contribution in [3.8, 4) is 5.75 Å². The van der Waals surface area contributed by atoms with Crippen molar-refractivity contribution in [3.63, 3.8) is 0 Å². The molecule has 6 nitrogen and oxygen atoms in total. The summed E-state index contributed by atoms with van der Waals surface area (Å²) in [4.78, 5) is 19.3. The highest BCUT2D eigenvalue weighted by molar-refractivity contribution is 5.78. The number of likely N-dealkylation sites (N-methyl/N-ethyl adjacent to an activating group) is 1. The second-order valence-electron chi connectivity index (χ2n) is 8.06. The van der Waals surface area contributed by atoms with Crippen molar-refractivity contribution in [1.29, 1.82) is 0 Å². The number of hydrogen-bond acceptors (Lipinski definition) is 5. The molecule has 1 amide bonds. The number of benzene rings is 1. The Kier molecular flexibility index (Phi) is 7.10. The Balaban J connectivity index is 1.51. The average Bonchev–Trinajstić information content (AvgIpc) is 2.95. The number of carbonyl (C=O) groups is 1. The van der Waals surface area contributed by atoms with E-state index in [1.807, 2.05) is 36.1 Å². The Morgan fingerprint density at radius 2 is 2.00 bits per heavy atom. The highest BCUT2D eigenvalue weighted by Crippen LogP contribution is 2.25. The number of nitrogens with zero attached hydrogens (tertiary/aromatic N) is 3. The Bertz CT molecular complexity index is 624. The van der Waals surface area contributed by atoms with Crippen LogP contribution in [0, 0.1) is 18.8 Å². The first-order valence-corrected chi connectivity index (χ1v) is 10.0. The maximum Gasteiger partial charge on any atom is 0.260 e. The number of aryl methyl sites for hydroxylation is 1. The topological polar surface area (TPSA) is 56.2 Å². The third-order valence-electron chi connectivity index (χ3n) is 5.82. The van der Waals surface area contributed by atoms with Crippen LogP contribution in [0.2, 0.25) is 0 Å². The normalized spacial score (nSPS) is 24.8. The van der Waals surface area contributed by atoms with E-state index >= 15 is 0 Å². The van der Waals surface area contributed by atoms with Crippen LogP contribution in [0.3, 0.4) is 0 Å². The summed E-state index contributed by atoms with van der Waals surface area (Å²) >= 11 is 0. The highest BCUT2D eigenvalue weighted by Gasteiger charge is 2.36. The number of hydrogen-bond donors (Lipinski definition) is 1. The maximum absolute atomic E-state index is 12.6. The second-order valence-corrected chi connectivity index (χ2v) is 8.06. The van der Waals surface area contributed by atoms with Gasteiger partial charge in [0.05, 0.1) is 0 Å². The molecule has 0 bridgehead atoms. The second kappa shape index (κ2) is 9.53. The molecular formula is C21H33N3O3. The van der Waals surface area contributed by atoms with Crippen LogP contribution in [0.25, 0.3) is 0 Å². The lowest BCUT2D eigenvalue weighted by Gasteiger charge is -2.26. The van der Waals surface area contributed by atoms with Crippen LogP contribution in [0.1, 0.15) is 12.0 Å². The molecule has 1 aromatic carbocycles. The zero-order valence-electron chi connectivity index (χ0n) is 16.6. The molecule has 0 aromatic heterocycles. The molecule has 2 aliphatic rings. The fourth-order valence-electron chi connectivity index (χ4n) is 4.11. The predicted octanol–water partition coefficient (Wildman–Crippen LogP) is 1.08. The lowest BCUT2D eigenvalue weighted by atomic mass is 9.96. The first kappa shape index (κ1) is 20.1. The summed E-state index contributed by atoms with van der Waals surface area (Å²) in [6.07, 6.45) is 1.18. The zero-order chi connectivity index (χ0) is 19.2. The molecule has 0 unspecified atom stereocenters. The molecule has 2 aliphatic heterocycles. The summed E-state index contributed by atoms with van der Waals surface area (Å²) in [7, 11) is 2.17. The van der Waals surface area contributed by atoms with E-state index in [1.165, 1.54) is 6.42 Å². The molecule has 1 aromatic rings. The van der Waals surface area contributed by atoms with Gasteiger partial charge in [-0.2, -0.15) is 0 Å². The van der Waals surface area contributed by atoms with Crippen molar-refractivity contribution >= 4 is 5.91 Å². The first-order valence-electron chi connectivity index (χ1n) is 10.0. The fraction of sp³-hybridized carbons (Fsp3) is 0.667. The van der Waals surface area contributed by atoms with Crippen LogP contribution >= 0.6 is 0 Å². The van der Waals surface area contributed by atoms with Gasteiger partial charge in [-0.1, -0.05) is 12.1 Å². The summed E-state index contributed by atoms with van der Waals surface area (Å²) in [6.45, 7) is 8.91. The van der Waals surface area contributed by atoms with E-state index in [9.17, 15) is 9.90 Å². The number of rotatable bonds is 6. The molecular weight excluding hydrogens is 342 g/mol. The van der Waals surface area contributed by atoms with Gasteiger partial charge in [0.2, 0.25) is 0 Å². The summed E-state index contributed by atoms with van der Waals surface area (Å²) in [6, 6.07) is 7.75. The summed E-state index contributed by atoms with van der Waals surface area (Å²) in [5.74, 6) is 1.23. The summed E-state index contributed by atoms with van der Waals surface area (Å²) < 4.78 is 5.67. The number of aliphatic hydroxyl groups is 1. The van der Waals surface area contributed by atoms with Gasteiger partial charge in [0.1, 0.15) is 5.75 Å². The first-order chi connectivity index (χ1) is 13.0. The Morgan fingerprint density at radius 3 is 2.78 bits per heavy atom. The SMILES string of the molecule is Cc1cccc(OCC(=O)N2C[C@@H](CN3CCCN(C)CC3)[C@@H](CO)C2)c1. The van der Waals surface area contributed by atoms with Crippen LogP contribution in [0.15, 0.2) is 24.3 Å². The molecule has 2 atom stereocenters. The quantitative estimate of drug-likeness (QED) is 0.806. The zero-order valence-corrected chi connectivity index (χ0v) is 16.6. The minimum Gasteiger partial charge on any atom is -0.484 e. The minimum absolute atomic E-state index is 0.00746. The molecule has 0 saturated carbocycles. The van der Waals surface area contributed by atoms with Crippen LogP contribution in [-0.2, 0) is 4.79 Å². The van der Waals surface area contributed by atoms with Crippen molar-refractivity contribution in [2.24, 2.45) is 11.8 Å². The van der Waals surface area contributed by atoms with Gasteiger partial charge in [0.15, 0.2) is 6.61 Å². The van der Waals surface area contributed by atoms with Gasteiger partial charge in [-0.3, -0.25) is 4.79 Å². The molecule has 150 valence electrons. The van der Waals surface area contributed by atoms with Crippen LogP contribution < -0.4 is 4.74 Å². The molecule has 2 fully saturated rings. The van der Waals surface area contributed by atoms with E-state index < -0.39 is 0 Å². The van der Waals surface area contributed by atoms with Gasteiger partial charge in [-0.25, -0.2) is 0 Å². The molecule has 2 saturated heterocycles. The van der Waals surface area contributed by atoms with Crippen molar-refractivity contribution in [1.82, 2.24) is 14.7 Å². The minimum atomic E-state index is 0.00746. The van der Waals surface area contributed by atoms with Gasteiger partial charge in [0.25, 0.3) is 5.91 Å².